The van der Waals surface area contributed by atoms with E-state index in [1.807, 2.05) is 20.0 Å². The average Bonchev–Trinajstić information content (AvgIpc) is 2.65. The molecule has 1 unspecified atom stereocenters. The third-order valence-corrected chi connectivity index (χ3v) is 2.34. The Kier molecular flexibility index (Phi) is 4.25. The van der Waals surface area contributed by atoms with Crippen LogP contribution < -0.4 is 11.1 Å². The van der Waals surface area contributed by atoms with Crippen LogP contribution in [0.15, 0.2) is 19.0 Å². The average molecular weight is 222 g/mol. The molecular formula is C11H18N4O. The number of hydrogen-bond donors (Lipinski definition) is 2. The Morgan fingerprint density at radius 2 is 2.44 bits per heavy atom. The van der Waals surface area contributed by atoms with Crippen molar-refractivity contribution >= 4 is 12.1 Å². The second-order valence-electron chi connectivity index (χ2n) is 4.02. The number of carbonyl (C=O) groups excluding carboxylic acids is 1. The van der Waals surface area contributed by atoms with Crippen molar-refractivity contribution in [3.05, 3.63) is 24.5 Å². The first-order valence-electron chi connectivity index (χ1n) is 5.23. The van der Waals surface area contributed by atoms with Crippen molar-refractivity contribution in [1.29, 1.82) is 0 Å². The number of nitrogens with two attached hydrogens (primary N) is 1. The summed E-state index contributed by atoms with van der Waals surface area (Å²) in [6.07, 6.45) is 5.18. The van der Waals surface area contributed by atoms with Gasteiger partial charge in [0.25, 0.3) is 0 Å². The van der Waals surface area contributed by atoms with Gasteiger partial charge < -0.3 is 11.1 Å². The minimum absolute atomic E-state index is 0.173. The number of primary amides is 1. The van der Waals surface area contributed by atoms with Crippen molar-refractivity contribution in [3.63, 3.8) is 0 Å². The maximum absolute atomic E-state index is 11.1. The fourth-order valence-electron chi connectivity index (χ4n) is 1.46. The molecule has 0 aliphatic rings. The van der Waals surface area contributed by atoms with Gasteiger partial charge in [-0.05, 0) is 5.92 Å². The highest BCUT2D eigenvalue weighted by Crippen LogP contribution is 2.03. The lowest BCUT2D eigenvalue weighted by Crippen LogP contribution is -2.44. The monoisotopic (exact) mass is 222 g/mol. The van der Waals surface area contributed by atoms with Gasteiger partial charge in [-0.15, -0.1) is 0 Å². The molecule has 5 nitrogen and oxygen atoms in total. The molecule has 0 bridgehead atoms. The predicted octanol–water partition coefficient (Wildman–Crippen LogP) is 0.583. The van der Waals surface area contributed by atoms with Crippen LogP contribution in [0.2, 0.25) is 0 Å². The van der Waals surface area contributed by atoms with E-state index in [9.17, 15) is 4.79 Å². The minimum Gasteiger partial charge on any atom is -0.368 e. The molecule has 0 saturated carbocycles. The van der Waals surface area contributed by atoms with E-state index in [0.717, 1.165) is 5.56 Å². The van der Waals surface area contributed by atoms with Crippen molar-refractivity contribution in [2.24, 2.45) is 11.7 Å². The molecular weight excluding hydrogens is 204 g/mol. The first-order chi connectivity index (χ1) is 7.54. The van der Waals surface area contributed by atoms with Crippen molar-refractivity contribution in [1.82, 2.24) is 15.1 Å². The molecule has 1 aromatic heterocycles. The molecule has 0 saturated heterocycles. The number of amides is 1. The van der Waals surface area contributed by atoms with Crippen LogP contribution in [0, 0.1) is 5.92 Å². The van der Waals surface area contributed by atoms with E-state index >= 15 is 0 Å². The third-order valence-electron chi connectivity index (χ3n) is 2.34. The number of carbonyl (C=O) groups is 1. The highest BCUT2D eigenvalue weighted by Gasteiger charge is 2.18. The summed E-state index contributed by atoms with van der Waals surface area (Å²) >= 11 is 0. The van der Waals surface area contributed by atoms with E-state index in [4.69, 9.17) is 5.73 Å². The van der Waals surface area contributed by atoms with Crippen molar-refractivity contribution in [3.8, 4) is 0 Å². The molecule has 1 amide bonds. The van der Waals surface area contributed by atoms with E-state index < -0.39 is 0 Å². The van der Waals surface area contributed by atoms with E-state index in [-0.39, 0.29) is 17.9 Å². The second-order valence-corrected chi connectivity index (χ2v) is 4.02. The van der Waals surface area contributed by atoms with Gasteiger partial charge in [0.2, 0.25) is 5.91 Å². The molecule has 3 N–H and O–H groups in total. The Hall–Kier alpha value is -1.62. The molecule has 0 spiro atoms. The summed E-state index contributed by atoms with van der Waals surface area (Å²) in [5.41, 5.74) is 6.29. The van der Waals surface area contributed by atoms with Crippen molar-refractivity contribution in [2.45, 2.75) is 26.4 Å². The van der Waals surface area contributed by atoms with Crippen LogP contribution in [0.4, 0.5) is 0 Å². The lowest BCUT2D eigenvalue weighted by Gasteiger charge is -2.18. The summed E-state index contributed by atoms with van der Waals surface area (Å²) in [5.74, 6) is -0.155. The Balaban J connectivity index is 2.55. The maximum atomic E-state index is 11.1. The van der Waals surface area contributed by atoms with Gasteiger partial charge >= 0.3 is 0 Å². The van der Waals surface area contributed by atoms with Gasteiger partial charge in [-0.2, -0.15) is 5.10 Å². The highest BCUT2D eigenvalue weighted by molar-refractivity contribution is 5.80. The summed E-state index contributed by atoms with van der Waals surface area (Å²) in [6.45, 7) is 8.08. The lowest BCUT2D eigenvalue weighted by molar-refractivity contribution is -0.121. The van der Waals surface area contributed by atoms with Crippen LogP contribution in [0.5, 0.6) is 0 Å². The SMILES string of the molecule is C=Cn1cc(CNC(C(N)=O)C(C)C)cn1. The molecule has 1 heterocycles. The van der Waals surface area contributed by atoms with E-state index in [1.165, 1.54) is 0 Å². The molecule has 1 aromatic rings. The standard InChI is InChI=1S/C11H18N4O/c1-4-15-7-9(6-14-15)5-13-10(8(2)3)11(12)16/h4,6-8,10,13H,1,5H2,2-3H3,(H2,12,16). The largest absolute Gasteiger partial charge is 0.368 e. The Morgan fingerprint density at radius 1 is 1.75 bits per heavy atom. The smallest absolute Gasteiger partial charge is 0.234 e. The number of aromatic nitrogens is 2. The lowest BCUT2D eigenvalue weighted by atomic mass is 10.0. The molecule has 0 radical (unpaired) electrons. The number of hydrogen-bond acceptors (Lipinski definition) is 3. The Bertz CT molecular complexity index is 370. The maximum Gasteiger partial charge on any atom is 0.234 e. The Labute approximate surface area is 95.3 Å². The van der Waals surface area contributed by atoms with Crippen LogP contribution in [-0.4, -0.2) is 21.7 Å². The van der Waals surface area contributed by atoms with E-state index in [2.05, 4.69) is 17.0 Å². The molecule has 0 aliphatic carbocycles. The molecule has 5 heteroatoms. The zero-order valence-corrected chi connectivity index (χ0v) is 9.68. The topological polar surface area (TPSA) is 72.9 Å². The molecule has 1 rings (SSSR count). The predicted molar refractivity (Wildman–Crippen MR) is 63.3 cm³/mol. The molecule has 88 valence electrons. The molecule has 1 atom stereocenters. The zero-order valence-electron chi connectivity index (χ0n) is 9.68. The fraction of sp³-hybridized carbons (Fsp3) is 0.455. The normalized spacial score (nSPS) is 12.7. The summed E-state index contributed by atoms with van der Waals surface area (Å²) in [5, 5.41) is 7.15. The quantitative estimate of drug-likeness (QED) is 0.739. The Morgan fingerprint density at radius 3 is 2.88 bits per heavy atom. The first kappa shape index (κ1) is 12.4. The van der Waals surface area contributed by atoms with E-state index in [0.29, 0.717) is 6.54 Å². The van der Waals surface area contributed by atoms with Crippen molar-refractivity contribution in [2.75, 3.05) is 0 Å². The zero-order chi connectivity index (χ0) is 12.1. The highest BCUT2D eigenvalue weighted by atomic mass is 16.1. The summed E-state index contributed by atoms with van der Waals surface area (Å²) in [4.78, 5) is 11.1. The number of nitrogens with one attached hydrogen (secondary N) is 1. The number of rotatable bonds is 6. The van der Waals surface area contributed by atoms with Crippen LogP contribution in [0.1, 0.15) is 19.4 Å². The van der Waals surface area contributed by atoms with Gasteiger partial charge in [-0.3, -0.25) is 4.79 Å². The molecule has 0 aliphatic heterocycles. The first-order valence-corrected chi connectivity index (χ1v) is 5.23. The summed E-state index contributed by atoms with van der Waals surface area (Å²) in [6, 6.07) is -0.313. The minimum atomic E-state index is -0.328. The van der Waals surface area contributed by atoms with Gasteiger partial charge in [0, 0.05) is 24.5 Å². The van der Waals surface area contributed by atoms with Crippen molar-refractivity contribution < 1.29 is 4.79 Å². The van der Waals surface area contributed by atoms with Crippen LogP contribution in [-0.2, 0) is 11.3 Å². The van der Waals surface area contributed by atoms with Crippen LogP contribution in [0.25, 0.3) is 6.20 Å². The second kappa shape index (κ2) is 5.46. The van der Waals surface area contributed by atoms with Crippen LogP contribution in [0.3, 0.4) is 0 Å². The van der Waals surface area contributed by atoms with Gasteiger partial charge in [-0.25, -0.2) is 4.68 Å². The third kappa shape index (κ3) is 3.20. The van der Waals surface area contributed by atoms with Crippen LogP contribution >= 0.6 is 0 Å². The van der Waals surface area contributed by atoms with Gasteiger partial charge in [-0.1, -0.05) is 20.4 Å². The molecule has 0 aromatic carbocycles. The van der Waals surface area contributed by atoms with Gasteiger partial charge in [0.05, 0.1) is 12.2 Å². The number of nitrogens with zero attached hydrogens (tertiary/aromatic N) is 2. The molecule has 0 fully saturated rings. The summed E-state index contributed by atoms with van der Waals surface area (Å²) in [7, 11) is 0. The van der Waals surface area contributed by atoms with Gasteiger partial charge in [0.1, 0.15) is 0 Å². The summed E-state index contributed by atoms with van der Waals surface area (Å²) < 4.78 is 1.62. The fourth-order valence-corrected chi connectivity index (χ4v) is 1.46. The molecule has 16 heavy (non-hydrogen) atoms. The van der Waals surface area contributed by atoms with E-state index in [1.54, 1.807) is 17.1 Å². The van der Waals surface area contributed by atoms with Gasteiger partial charge in [0.15, 0.2) is 0 Å².